The van der Waals surface area contributed by atoms with Crippen molar-refractivity contribution in [2.75, 3.05) is 0 Å². The van der Waals surface area contributed by atoms with E-state index in [9.17, 15) is 25.5 Å². The van der Waals surface area contributed by atoms with Crippen molar-refractivity contribution in [3.05, 3.63) is 0 Å². The van der Waals surface area contributed by atoms with Gasteiger partial charge in [-0.05, 0) is 51.4 Å². The minimum atomic E-state index is -1.64. The van der Waals surface area contributed by atoms with E-state index in [1.165, 1.54) is 0 Å². The Morgan fingerprint density at radius 1 is 0.923 bits per heavy atom. The first-order valence-corrected chi connectivity index (χ1v) is 10.0. The van der Waals surface area contributed by atoms with Crippen molar-refractivity contribution in [3.63, 3.8) is 0 Å². The van der Waals surface area contributed by atoms with Gasteiger partial charge in [0.25, 0.3) is 0 Å². The van der Waals surface area contributed by atoms with E-state index >= 15 is 0 Å². The first-order valence-electron chi connectivity index (χ1n) is 10.0. The summed E-state index contributed by atoms with van der Waals surface area (Å²) in [4.78, 5) is 0. The number of fused-ring (bicyclic) bond motifs is 4. The Bertz CT molecular complexity index is 659. The lowest BCUT2D eigenvalue weighted by molar-refractivity contribution is -0.232. The van der Waals surface area contributed by atoms with Crippen LogP contribution in [0.1, 0.15) is 53.4 Å². The van der Waals surface area contributed by atoms with E-state index in [-0.39, 0.29) is 24.0 Å². The molecule has 5 aliphatic rings. The second-order valence-corrected chi connectivity index (χ2v) is 11.0. The highest BCUT2D eigenvalue weighted by atomic mass is 16.6. The Morgan fingerprint density at radius 3 is 2.23 bits per heavy atom. The number of aliphatic hydroxyl groups is 5. The lowest BCUT2D eigenvalue weighted by Crippen LogP contribution is -2.64. The maximum absolute atomic E-state index is 11.8. The van der Waals surface area contributed by atoms with Gasteiger partial charge in [-0.1, -0.05) is 13.8 Å². The molecular weight excluding hydrogens is 336 g/mol. The molecule has 1 saturated heterocycles. The monoisotopic (exact) mass is 368 g/mol. The second-order valence-electron chi connectivity index (χ2n) is 11.0. The molecule has 0 radical (unpaired) electrons. The van der Waals surface area contributed by atoms with E-state index in [1.807, 2.05) is 13.8 Å². The van der Waals surface area contributed by atoms with E-state index in [0.29, 0.717) is 19.3 Å². The van der Waals surface area contributed by atoms with E-state index < -0.39 is 45.8 Å². The van der Waals surface area contributed by atoms with Crippen molar-refractivity contribution in [3.8, 4) is 0 Å². The van der Waals surface area contributed by atoms with Gasteiger partial charge in [0, 0.05) is 16.7 Å². The van der Waals surface area contributed by atoms with Crippen molar-refractivity contribution < 1.29 is 30.3 Å². The quantitative estimate of drug-likeness (QED) is 0.390. The fourth-order valence-electron chi connectivity index (χ4n) is 8.15. The molecule has 0 aromatic rings. The summed E-state index contributed by atoms with van der Waals surface area (Å²) < 4.78 is 5.81. The van der Waals surface area contributed by atoms with Crippen molar-refractivity contribution in [2.24, 2.45) is 28.6 Å². The zero-order valence-corrected chi connectivity index (χ0v) is 16.0. The molecule has 6 nitrogen and oxygen atoms in total. The maximum atomic E-state index is 11.8. The molecule has 0 amide bonds. The average Bonchev–Trinajstić information content (AvgIpc) is 3.24. The summed E-state index contributed by atoms with van der Waals surface area (Å²) in [6, 6.07) is 0. The Morgan fingerprint density at radius 2 is 1.58 bits per heavy atom. The third-order valence-electron chi connectivity index (χ3n) is 9.44. The average molecular weight is 368 g/mol. The number of rotatable bonds is 0. The van der Waals surface area contributed by atoms with Gasteiger partial charge >= 0.3 is 0 Å². The second kappa shape index (κ2) is 4.50. The molecule has 5 N–H and O–H groups in total. The smallest absolute Gasteiger partial charge is 0.110 e. The number of epoxide rings is 1. The molecule has 148 valence electrons. The number of ether oxygens (including phenoxy) is 1. The number of aliphatic hydroxyl groups excluding tert-OH is 2. The largest absolute Gasteiger partial charge is 0.390 e. The van der Waals surface area contributed by atoms with E-state index in [4.69, 9.17) is 4.74 Å². The van der Waals surface area contributed by atoms with Crippen LogP contribution in [0.5, 0.6) is 0 Å². The third-order valence-corrected chi connectivity index (χ3v) is 9.44. The van der Waals surface area contributed by atoms with Gasteiger partial charge < -0.3 is 30.3 Å². The lowest BCUT2D eigenvalue weighted by atomic mass is 9.58. The zero-order valence-electron chi connectivity index (χ0n) is 16.0. The Kier molecular flexibility index (Phi) is 3.08. The topological polar surface area (TPSA) is 114 Å². The van der Waals surface area contributed by atoms with Gasteiger partial charge in [0.2, 0.25) is 0 Å². The number of hydrogen-bond acceptors (Lipinski definition) is 6. The molecule has 1 heterocycles. The van der Waals surface area contributed by atoms with Crippen molar-refractivity contribution >= 4 is 0 Å². The van der Waals surface area contributed by atoms with Gasteiger partial charge in [0.05, 0.1) is 29.5 Å². The minimum Gasteiger partial charge on any atom is -0.390 e. The van der Waals surface area contributed by atoms with Gasteiger partial charge in [-0.25, -0.2) is 0 Å². The number of hydrogen-bond donors (Lipinski definition) is 5. The molecule has 1 aliphatic heterocycles. The van der Waals surface area contributed by atoms with E-state index in [1.54, 1.807) is 13.8 Å². The molecule has 2 bridgehead atoms. The third kappa shape index (κ3) is 1.64. The Labute approximate surface area is 154 Å². The van der Waals surface area contributed by atoms with Crippen LogP contribution in [0.4, 0.5) is 0 Å². The Balaban J connectivity index is 1.71. The standard InChI is InChI=1S/C20H32O6/c1-16(2)15-11(26-15)12-18(4,24)10-6-5-9-7-19(10,8-17(9,3)23)13(21)14(22)20(12,16)25/h9-15,21-25H,5-8H2,1-4H3/t9-,10+,11+,12+,13-,14-,15-,17-,18-,19+,20+/m1/s1. The lowest BCUT2D eigenvalue weighted by Gasteiger charge is -2.50. The highest BCUT2D eigenvalue weighted by molar-refractivity contribution is 5.32. The summed E-state index contributed by atoms with van der Waals surface area (Å²) in [5.74, 6) is -0.921. The van der Waals surface area contributed by atoms with E-state index in [0.717, 1.165) is 6.42 Å². The summed E-state index contributed by atoms with van der Waals surface area (Å²) in [5.41, 5.74) is -5.44. The van der Waals surface area contributed by atoms with Gasteiger partial charge in [-0.3, -0.25) is 0 Å². The van der Waals surface area contributed by atoms with Crippen LogP contribution in [-0.4, -0.2) is 66.8 Å². The predicted molar refractivity (Wildman–Crippen MR) is 92.0 cm³/mol. The van der Waals surface area contributed by atoms with Crippen LogP contribution in [0.3, 0.4) is 0 Å². The first kappa shape index (κ1) is 17.8. The fourth-order valence-corrected chi connectivity index (χ4v) is 8.15. The molecule has 4 aliphatic carbocycles. The molecule has 11 atom stereocenters. The highest BCUT2D eigenvalue weighted by Gasteiger charge is 2.83. The fraction of sp³-hybridized carbons (Fsp3) is 1.00. The molecule has 1 spiro atoms. The molecule has 0 unspecified atom stereocenters. The summed E-state index contributed by atoms with van der Waals surface area (Å²) in [6.07, 6.45) is -0.752. The molecule has 0 aromatic heterocycles. The van der Waals surface area contributed by atoms with Crippen LogP contribution >= 0.6 is 0 Å². The predicted octanol–water partition coefficient (Wildman–Crippen LogP) is 0.185. The van der Waals surface area contributed by atoms with Gasteiger partial charge in [-0.2, -0.15) is 0 Å². The van der Waals surface area contributed by atoms with Gasteiger partial charge in [0.15, 0.2) is 0 Å². The van der Waals surface area contributed by atoms with Crippen LogP contribution in [0.15, 0.2) is 0 Å². The zero-order chi connectivity index (χ0) is 19.1. The normalized spacial score (nSPS) is 68.0. The van der Waals surface area contributed by atoms with Crippen molar-refractivity contribution in [1.82, 2.24) is 0 Å². The molecule has 0 aromatic carbocycles. The van der Waals surface area contributed by atoms with Gasteiger partial charge in [0.1, 0.15) is 11.7 Å². The Hall–Kier alpha value is -0.240. The van der Waals surface area contributed by atoms with E-state index in [2.05, 4.69) is 0 Å². The summed E-state index contributed by atoms with van der Waals surface area (Å²) in [7, 11) is 0. The van der Waals surface area contributed by atoms with Crippen LogP contribution in [0.2, 0.25) is 0 Å². The van der Waals surface area contributed by atoms with Crippen molar-refractivity contribution in [1.29, 1.82) is 0 Å². The highest BCUT2D eigenvalue weighted by Crippen LogP contribution is 2.72. The molecular formula is C20H32O6. The maximum Gasteiger partial charge on any atom is 0.110 e. The molecule has 6 heteroatoms. The molecule has 4 saturated carbocycles. The molecule has 5 fully saturated rings. The van der Waals surface area contributed by atoms with Crippen LogP contribution < -0.4 is 0 Å². The summed E-state index contributed by atoms with van der Waals surface area (Å²) in [5, 5.41) is 57.1. The summed E-state index contributed by atoms with van der Waals surface area (Å²) in [6.45, 7) is 7.24. The SMILES string of the molecule is CC1(C)[C@@H]2O[C@H]2[C@H]2[C@](C)(O)[C@@H]3CC[C@@H]4C[C@@]3(C[C@@]4(C)O)[C@H](O)[C@@H](O)[C@@]21O. The van der Waals surface area contributed by atoms with Crippen LogP contribution in [0.25, 0.3) is 0 Å². The summed E-state index contributed by atoms with van der Waals surface area (Å²) >= 11 is 0. The first-order chi connectivity index (χ1) is 11.8. The van der Waals surface area contributed by atoms with Gasteiger partial charge in [-0.15, -0.1) is 0 Å². The molecule has 5 rings (SSSR count). The van der Waals surface area contributed by atoms with Crippen molar-refractivity contribution in [2.45, 2.75) is 94.6 Å². The van der Waals surface area contributed by atoms with Crippen LogP contribution in [-0.2, 0) is 4.74 Å². The molecule has 26 heavy (non-hydrogen) atoms. The minimum absolute atomic E-state index is 0.0434. The van der Waals surface area contributed by atoms with Crippen LogP contribution in [0, 0.1) is 28.6 Å².